The van der Waals surface area contributed by atoms with Gasteiger partial charge in [0.15, 0.2) is 5.82 Å². The van der Waals surface area contributed by atoms with E-state index in [4.69, 9.17) is 28.9 Å². The van der Waals surface area contributed by atoms with Crippen LogP contribution in [-0.4, -0.2) is 9.97 Å². The summed E-state index contributed by atoms with van der Waals surface area (Å²) in [5.74, 6) is 0.581. The normalized spacial score (nSPS) is 10.3. The predicted octanol–water partition coefficient (Wildman–Crippen LogP) is 3.87. The Bertz CT molecular complexity index is 562. The Morgan fingerprint density at radius 1 is 1.24 bits per heavy atom. The van der Waals surface area contributed by atoms with Crippen molar-refractivity contribution in [1.29, 1.82) is 0 Å². The van der Waals surface area contributed by atoms with Crippen molar-refractivity contribution < 1.29 is 0 Å². The van der Waals surface area contributed by atoms with E-state index in [0.29, 0.717) is 15.9 Å². The van der Waals surface area contributed by atoms with Crippen molar-refractivity contribution in [2.24, 2.45) is 0 Å². The Morgan fingerprint density at radius 3 is 2.76 bits per heavy atom. The van der Waals surface area contributed by atoms with Crippen LogP contribution in [0.2, 0.25) is 10.0 Å². The van der Waals surface area contributed by atoms with Gasteiger partial charge < -0.3 is 11.1 Å². The lowest BCUT2D eigenvalue weighted by Crippen LogP contribution is -2.00. The molecule has 0 saturated heterocycles. The second-order valence-corrected chi connectivity index (χ2v) is 4.76. The van der Waals surface area contributed by atoms with Gasteiger partial charge in [-0.2, -0.15) is 4.98 Å². The second-order valence-electron chi connectivity index (χ2n) is 3.15. The maximum Gasteiger partial charge on any atom is 0.222 e. The van der Waals surface area contributed by atoms with Gasteiger partial charge in [-0.05, 0) is 28.1 Å². The lowest BCUT2D eigenvalue weighted by molar-refractivity contribution is 1.18. The molecule has 2 rings (SSSR count). The molecule has 7 heteroatoms. The van der Waals surface area contributed by atoms with Gasteiger partial charge >= 0.3 is 0 Å². The zero-order chi connectivity index (χ0) is 12.4. The quantitative estimate of drug-likeness (QED) is 0.875. The molecule has 0 saturated carbocycles. The van der Waals surface area contributed by atoms with Crippen molar-refractivity contribution in [3.05, 3.63) is 38.9 Å². The van der Waals surface area contributed by atoms with Crippen LogP contribution in [0.5, 0.6) is 0 Å². The molecular formula is C10H7BrCl2N4. The van der Waals surface area contributed by atoms with Crippen molar-refractivity contribution in [1.82, 2.24) is 9.97 Å². The fraction of sp³-hybridized carbons (Fsp3) is 0. The Morgan fingerprint density at radius 2 is 2.00 bits per heavy atom. The molecule has 1 aromatic heterocycles. The molecule has 0 fully saturated rings. The number of hydrogen-bond acceptors (Lipinski definition) is 4. The number of nitrogens with one attached hydrogen (secondary N) is 1. The molecule has 0 radical (unpaired) electrons. The molecule has 2 aromatic rings. The van der Waals surface area contributed by atoms with Gasteiger partial charge in [-0.3, -0.25) is 0 Å². The van der Waals surface area contributed by atoms with Gasteiger partial charge in [0.25, 0.3) is 0 Å². The highest BCUT2D eigenvalue weighted by molar-refractivity contribution is 9.10. The first kappa shape index (κ1) is 12.4. The minimum atomic E-state index is 0.148. The van der Waals surface area contributed by atoms with Crippen LogP contribution in [0.25, 0.3) is 0 Å². The summed E-state index contributed by atoms with van der Waals surface area (Å²) in [5, 5.41) is 4.00. The average Bonchev–Trinajstić information content (AvgIpc) is 2.30. The van der Waals surface area contributed by atoms with Gasteiger partial charge in [0.05, 0.1) is 21.4 Å². The fourth-order valence-electron chi connectivity index (χ4n) is 1.20. The lowest BCUT2D eigenvalue weighted by atomic mass is 10.3. The molecule has 0 amide bonds. The van der Waals surface area contributed by atoms with E-state index in [9.17, 15) is 0 Å². The highest BCUT2D eigenvalue weighted by Gasteiger charge is 2.08. The van der Waals surface area contributed by atoms with Crippen molar-refractivity contribution in [3.63, 3.8) is 0 Å². The third-order valence-electron chi connectivity index (χ3n) is 1.97. The van der Waals surface area contributed by atoms with E-state index in [1.807, 2.05) is 12.1 Å². The SMILES string of the molecule is Nc1ncc(Cl)c(Nc2cccc(Cl)c2Br)n1. The number of nitrogens with zero attached hydrogens (tertiary/aromatic N) is 2. The summed E-state index contributed by atoms with van der Waals surface area (Å²) in [5.41, 5.74) is 6.24. The first-order chi connectivity index (χ1) is 8.08. The molecule has 0 aliphatic heterocycles. The number of nitrogen functional groups attached to an aromatic ring is 1. The van der Waals surface area contributed by atoms with Crippen molar-refractivity contribution >= 4 is 56.6 Å². The minimum Gasteiger partial charge on any atom is -0.368 e. The zero-order valence-corrected chi connectivity index (χ0v) is 11.5. The summed E-state index contributed by atoms with van der Waals surface area (Å²) in [7, 11) is 0. The molecule has 0 aliphatic carbocycles. The van der Waals surface area contributed by atoms with Gasteiger partial charge in [-0.15, -0.1) is 0 Å². The van der Waals surface area contributed by atoms with Crippen molar-refractivity contribution in [2.45, 2.75) is 0 Å². The number of rotatable bonds is 2. The highest BCUT2D eigenvalue weighted by atomic mass is 79.9. The maximum atomic E-state index is 5.97. The minimum absolute atomic E-state index is 0.148. The van der Waals surface area contributed by atoms with Gasteiger partial charge in [-0.1, -0.05) is 29.3 Å². The van der Waals surface area contributed by atoms with Crippen LogP contribution in [0.4, 0.5) is 17.5 Å². The lowest BCUT2D eigenvalue weighted by Gasteiger charge is -2.10. The van der Waals surface area contributed by atoms with Crippen LogP contribution in [0.1, 0.15) is 0 Å². The smallest absolute Gasteiger partial charge is 0.222 e. The predicted molar refractivity (Wildman–Crippen MR) is 73.9 cm³/mol. The maximum absolute atomic E-state index is 5.97. The highest BCUT2D eigenvalue weighted by Crippen LogP contribution is 2.33. The number of benzene rings is 1. The van der Waals surface area contributed by atoms with E-state index < -0.39 is 0 Å². The molecule has 1 aromatic carbocycles. The third kappa shape index (κ3) is 2.80. The molecule has 1 heterocycles. The molecule has 3 N–H and O–H groups in total. The summed E-state index contributed by atoms with van der Waals surface area (Å²) >= 11 is 15.3. The zero-order valence-electron chi connectivity index (χ0n) is 8.42. The fourth-order valence-corrected chi connectivity index (χ4v) is 1.87. The van der Waals surface area contributed by atoms with Crippen molar-refractivity contribution in [3.8, 4) is 0 Å². The first-order valence-corrected chi connectivity index (χ1v) is 6.12. The monoisotopic (exact) mass is 332 g/mol. The van der Waals surface area contributed by atoms with E-state index in [2.05, 4.69) is 31.2 Å². The van der Waals surface area contributed by atoms with Gasteiger partial charge in [0, 0.05) is 0 Å². The first-order valence-electron chi connectivity index (χ1n) is 4.57. The number of aromatic nitrogens is 2. The molecule has 4 nitrogen and oxygen atoms in total. The van der Waals surface area contributed by atoms with Crippen LogP contribution in [0.3, 0.4) is 0 Å². The molecule has 88 valence electrons. The van der Waals surface area contributed by atoms with Crippen LogP contribution in [-0.2, 0) is 0 Å². The summed E-state index contributed by atoms with van der Waals surface area (Å²) < 4.78 is 0.731. The number of nitrogens with two attached hydrogens (primary N) is 1. The van der Waals surface area contributed by atoms with E-state index in [1.165, 1.54) is 6.20 Å². The van der Waals surface area contributed by atoms with Crippen LogP contribution >= 0.6 is 39.1 Å². The van der Waals surface area contributed by atoms with E-state index in [0.717, 1.165) is 10.2 Å². The van der Waals surface area contributed by atoms with Crippen LogP contribution in [0.15, 0.2) is 28.9 Å². The van der Waals surface area contributed by atoms with Crippen molar-refractivity contribution in [2.75, 3.05) is 11.1 Å². The largest absolute Gasteiger partial charge is 0.368 e. The number of halogens is 3. The summed E-state index contributed by atoms with van der Waals surface area (Å²) in [6.07, 6.45) is 1.44. The van der Waals surface area contributed by atoms with E-state index >= 15 is 0 Å². The Hall–Kier alpha value is -1.04. The molecule has 0 bridgehead atoms. The molecule has 0 spiro atoms. The standard InChI is InChI=1S/C10H7BrCl2N4/c11-8-5(12)2-1-3-7(8)16-9-6(13)4-15-10(14)17-9/h1-4H,(H3,14,15,16,17). The van der Waals surface area contributed by atoms with Gasteiger partial charge in [0.1, 0.15) is 5.02 Å². The topological polar surface area (TPSA) is 63.8 Å². The molecule has 0 atom stereocenters. The van der Waals surface area contributed by atoms with Gasteiger partial charge in [-0.25, -0.2) is 4.98 Å². The van der Waals surface area contributed by atoms with E-state index in [-0.39, 0.29) is 5.95 Å². The van der Waals surface area contributed by atoms with E-state index in [1.54, 1.807) is 6.07 Å². The summed E-state index contributed by atoms with van der Waals surface area (Å²) in [6.45, 7) is 0. The Balaban J connectivity index is 2.38. The molecule has 0 aliphatic rings. The van der Waals surface area contributed by atoms with Crippen LogP contribution in [0, 0.1) is 0 Å². The Labute approximate surface area is 116 Å². The molecular weight excluding hydrogens is 327 g/mol. The third-order valence-corrected chi connectivity index (χ3v) is 3.64. The second kappa shape index (κ2) is 5.08. The van der Waals surface area contributed by atoms with Gasteiger partial charge in [0.2, 0.25) is 5.95 Å². The molecule has 0 unspecified atom stereocenters. The van der Waals surface area contributed by atoms with Crippen LogP contribution < -0.4 is 11.1 Å². The summed E-state index contributed by atoms with van der Waals surface area (Å²) in [4.78, 5) is 7.78. The average molecular weight is 334 g/mol. The summed E-state index contributed by atoms with van der Waals surface area (Å²) in [6, 6.07) is 5.42. The number of hydrogen-bond donors (Lipinski definition) is 2. The Kier molecular flexibility index (Phi) is 3.71. The number of anilines is 3. The molecule has 17 heavy (non-hydrogen) atoms.